The van der Waals surface area contributed by atoms with Gasteiger partial charge in [0.1, 0.15) is 5.75 Å². The fourth-order valence-electron chi connectivity index (χ4n) is 3.04. The second kappa shape index (κ2) is 11.7. The Labute approximate surface area is 219 Å². The normalized spacial score (nSPS) is 11.1. The topological polar surface area (TPSA) is 87.7 Å². The third kappa shape index (κ3) is 7.03. The number of anilines is 2. The zero-order valence-corrected chi connectivity index (χ0v) is 22.7. The zero-order valence-electron chi connectivity index (χ0n) is 19.5. The molecular formula is C25H26BrN3O4S2. The Hall–Kier alpha value is -2.95. The van der Waals surface area contributed by atoms with Gasteiger partial charge in [0.25, 0.3) is 15.9 Å². The van der Waals surface area contributed by atoms with Gasteiger partial charge in [-0.3, -0.25) is 14.4 Å². The van der Waals surface area contributed by atoms with Crippen molar-refractivity contribution in [1.82, 2.24) is 5.32 Å². The number of carbonyl (C=O) groups excluding carboxylic acids is 1. The fourth-order valence-corrected chi connectivity index (χ4v) is 4.81. The highest BCUT2D eigenvalue weighted by Gasteiger charge is 2.21. The van der Waals surface area contributed by atoms with Gasteiger partial charge in [0.05, 0.1) is 22.8 Å². The number of sulfonamides is 1. The number of amides is 1. The number of hydrogen-bond acceptors (Lipinski definition) is 5. The standard InChI is InChI=1S/C25H26BrN3O4S2/c1-17(2)16-33-23-14-9-18(26)15-22(23)24(30)28-25(34)27-19-10-12-21(13-11-19)35(31,32)29(3)20-7-5-4-6-8-20/h4-15,17H,16H2,1-3H3,(H2,27,28,30,34). The predicted octanol–water partition coefficient (Wildman–Crippen LogP) is 5.44. The molecule has 0 spiro atoms. The van der Waals surface area contributed by atoms with Crippen molar-refractivity contribution in [2.45, 2.75) is 18.7 Å². The highest BCUT2D eigenvalue weighted by Crippen LogP contribution is 2.25. The maximum Gasteiger partial charge on any atom is 0.264 e. The summed E-state index contributed by atoms with van der Waals surface area (Å²) in [5.74, 6) is 0.335. The maximum absolute atomic E-state index is 12.9. The minimum atomic E-state index is -3.73. The molecule has 0 saturated heterocycles. The van der Waals surface area contributed by atoms with Gasteiger partial charge in [0, 0.05) is 17.2 Å². The first kappa shape index (κ1) is 26.7. The van der Waals surface area contributed by atoms with Crippen LogP contribution in [0.4, 0.5) is 11.4 Å². The van der Waals surface area contributed by atoms with Gasteiger partial charge in [-0.15, -0.1) is 0 Å². The molecule has 0 aromatic heterocycles. The molecule has 0 bridgehead atoms. The molecule has 0 fully saturated rings. The molecule has 0 unspecified atom stereocenters. The van der Waals surface area contributed by atoms with Crippen molar-refractivity contribution < 1.29 is 17.9 Å². The molecule has 184 valence electrons. The molecule has 3 rings (SSSR count). The Bertz CT molecular complexity index is 1300. The van der Waals surface area contributed by atoms with E-state index in [0.717, 1.165) is 4.47 Å². The summed E-state index contributed by atoms with van der Waals surface area (Å²) in [6.45, 7) is 4.51. The summed E-state index contributed by atoms with van der Waals surface area (Å²) >= 11 is 8.66. The molecule has 0 aliphatic rings. The van der Waals surface area contributed by atoms with Gasteiger partial charge >= 0.3 is 0 Å². The first-order valence-electron chi connectivity index (χ1n) is 10.8. The lowest BCUT2D eigenvalue weighted by atomic mass is 10.2. The molecule has 0 aliphatic heterocycles. The van der Waals surface area contributed by atoms with Crippen LogP contribution < -0.4 is 19.7 Å². The number of benzene rings is 3. The molecule has 35 heavy (non-hydrogen) atoms. The molecule has 0 aliphatic carbocycles. The van der Waals surface area contributed by atoms with Crippen LogP contribution in [-0.2, 0) is 10.0 Å². The first-order chi connectivity index (χ1) is 16.6. The predicted molar refractivity (Wildman–Crippen MR) is 147 cm³/mol. The van der Waals surface area contributed by atoms with Gasteiger partial charge < -0.3 is 10.1 Å². The van der Waals surface area contributed by atoms with Crippen LogP contribution in [0.25, 0.3) is 0 Å². The van der Waals surface area contributed by atoms with Crippen LogP contribution >= 0.6 is 28.1 Å². The van der Waals surface area contributed by atoms with Crippen molar-refractivity contribution in [1.29, 1.82) is 0 Å². The maximum atomic E-state index is 12.9. The molecule has 10 heteroatoms. The molecule has 2 N–H and O–H groups in total. The van der Waals surface area contributed by atoms with Crippen LogP contribution in [0.3, 0.4) is 0 Å². The van der Waals surface area contributed by atoms with E-state index in [1.807, 2.05) is 19.9 Å². The third-order valence-corrected chi connectivity index (χ3v) is 7.37. The Kier molecular flexibility index (Phi) is 8.87. The van der Waals surface area contributed by atoms with E-state index in [1.165, 1.54) is 23.5 Å². The van der Waals surface area contributed by atoms with Crippen LogP contribution in [0, 0.1) is 5.92 Å². The summed E-state index contributed by atoms with van der Waals surface area (Å²) in [5, 5.41) is 5.61. The average Bonchev–Trinajstić information content (AvgIpc) is 2.83. The van der Waals surface area contributed by atoms with Crippen molar-refractivity contribution in [2.75, 3.05) is 23.3 Å². The zero-order chi connectivity index (χ0) is 25.6. The minimum Gasteiger partial charge on any atom is -0.492 e. The lowest BCUT2D eigenvalue weighted by molar-refractivity contribution is 0.0973. The molecule has 3 aromatic carbocycles. The van der Waals surface area contributed by atoms with E-state index in [4.69, 9.17) is 17.0 Å². The van der Waals surface area contributed by atoms with Crippen molar-refractivity contribution in [3.05, 3.63) is 82.8 Å². The molecule has 1 amide bonds. The number of halogens is 1. The van der Waals surface area contributed by atoms with E-state index in [-0.39, 0.29) is 10.0 Å². The molecule has 7 nitrogen and oxygen atoms in total. The number of nitrogens with zero attached hydrogens (tertiary/aromatic N) is 1. The molecule has 0 radical (unpaired) electrons. The number of thiocarbonyl (C=S) groups is 1. The van der Waals surface area contributed by atoms with Crippen molar-refractivity contribution >= 4 is 60.6 Å². The van der Waals surface area contributed by atoms with Crippen LogP contribution in [0.1, 0.15) is 24.2 Å². The summed E-state index contributed by atoms with van der Waals surface area (Å²) in [6, 6.07) is 20.1. The number of nitrogens with one attached hydrogen (secondary N) is 2. The minimum absolute atomic E-state index is 0.0711. The van der Waals surface area contributed by atoms with Crippen LogP contribution in [0.2, 0.25) is 0 Å². The highest BCUT2D eigenvalue weighted by molar-refractivity contribution is 9.10. The lowest BCUT2D eigenvalue weighted by Crippen LogP contribution is -2.34. The Morgan fingerprint density at radius 1 is 1.06 bits per heavy atom. The third-order valence-electron chi connectivity index (χ3n) is 4.88. The van der Waals surface area contributed by atoms with Crippen LogP contribution in [-0.4, -0.2) is 33.1 Å². The van der Waals surface area contributed by atoms with Gasteiger partial charge in [0.15, 0.2) is 5.11 Å². The summed E-state index contributed by atoms with van der Waals surface area (Å²) < 4.78 is 33.6. The SMILES string of the molecule is CC(C)COc1ccc(Br)cc1C(=O)NC(=S)Nc1ccc(S(=O)(=O)N(C)c2ccccc2)cc1. The molecule has 0 heterocycles. The van der Waals surface area contributed by atoms with Gasteiger partial charge in [-0.1, -0.05) is 48.0 Å². The summed E-state index contributed by atoms with van der Waals surface area (Å²) in [5.41, 5.74) is 1.43. The van der Waals surface area contributed by atoms with Gasteiger partial charge in [-0.05, 0) is 72.7 Å². The number of hydrogen-bond donors (Lipinski definition) is 2. The average molecular weight is 577 g/mol. The smallest absolute Gasteiger partial charge is 0.264 e. The quantitative estimate of drug-likeness (QED) is 0.348. The van der Waals surface area contributed by atoms with Crippen molar-refractivity contribution in [2.24, 2.45) is 5.92 Å². The Morgan fingerprint density at radius 3 is 2.34 bits per heavy atom. The van der Waals surface area contributed by atoms with Gasteiger partial charge in [-0.25, -0.2) is 8.42 Å². The summed E-state index contributed by atoms with van der Waals surface area (Å²) in [7, 11) is -2.23. The Morgan fingerprint density at radius 2 is 1.71 bits per heavy atom. The van der Waals surface area contributed by atoms with E-state index in [2.05, 4.69) is 26.6 Å². The molecule has 0 saturated carbocycles. The first-order valence-corrected chi connectivity index (χ1v) is 13.4. The Balaban J connectivity index is 1.67. The second-order valence-corrected chi connectivity index (χ2v) is 11.4. The van der Waals surface area contributed by atoms with Crippen LogP contribution in [0.15, 0.2) is 82.2 Å². The number of carbonyl (C=O) groups is 1. The highest BCUT2D eigenvalue weighted by atomic mass is 79.9. The van der Waals surface area contributed by atoms with E-state index >= 15 is 0 Å². The second-order valence-electron chi connectivity index (χ2n) is 8.09. The molecule has 0 atom stereocenters. The monoisotopic (exact) mass is 575 g/mol. The number of ether oxygens (including phenoxy) is 1. The molecule has 3 aromatic rings. The number of rotatable bonds is 8. The number of para-hydroxylation sites is 1. The van der Waals surface area contributed by atoms with Gasteiger partial charge in [0.2, 0.25) is 0 Å². The lowest BCUT2D eigenvalue weighted by Gasteiger charge is -2.19. The summed E-state index contributed by atoms with van der Waals surface area (Å²) in [6.07, 6.45) is 0. The largest absolute Gasteiger partial charge is 0.492 e. The molecular weight excluding hydrogens is 550 g/mol. The van der Waals surface area contributed by atoms with E-state index in [1.54, 1.807) is 54.6 Å². The van der Waals surface area contributed by atoms with Gasteiger partial charge in [-0.2, -0.15) is 0 Å². The van der Waals surface area contributed by atoms with Crippen molar-refractivity contribution in [3.63, 3.8) is 0 Å². The van der Waals surface area contributed by atoms with Crippen LogP contribution in [0.5, 0.6) is 5.75 Å². The fraction of sp³-hybridized carbons (Fsp3) is 0.200. The van der Waals surface area contributed by atoms with E-state index in [9.17, 15) is 13.2 Å². The van der Waals surface area contributed by atoms with Crippen molar-refractivity contribution in [3.8, 4) is 5.75 Å². The van der Waals surface area contributed by atoms with E-state index < -0.39 is 15.9 Å². The van der Waals surface area contributed by atoms with E-state index in [0.29, 0.717) is 35.2 Å². The summed E-state index contributed by atoms with van der Waals surface area (Å²) in [4.78, 5) is 13.0.